The van der Waals surface area contributed by atoms with Crippen LogP contribution >= 0.6 is 11.6 Å². The number of para-hydroxylation sites is 1. The zero-order chi connectivity index (χ0) is 19.9. The fourth-order valence-electron chi connectivity index (χ4n) is 2.54. The smallest absolute Gasteiger partial charge is 0.274 e. The summed E-state index contributed by atoms with van der Waals surface area (Å²) in [7, 11) is 0. The Bertz CT molecular complexity index is 1010. The predicted molar refractivity (Wildman–Crippen MR) is 106 cm³/mol. The van der Waals surface area contributed by atoms with Crippen molar-refractivity contribution in [2.24, 2.45) is 0 Å². The van der Waals surface area contributed by atoms with Crippen molar-refractivity contribution in [2.75, 3.05) is 11.9 Å². The molecule has 7 heteroatoms. The van der Waals surface area contributed by atoms with Gasteiger partial charge in [-0.1, -0.05) is 48.0 Å². The zero-order valence-corrected chi connectivity index (χ0v) is 15.5. The second-order valence-electron chi connectivity index (χ2n) is 5.94. The average Bonchev–Trinajstić information content (AvgIpc) is 2.71. The van der Waals surface area contributed by atoms with E-state index in [0.717, 1.165) is 0 Å². The van der Waals surface area contributed by atoms with Crippen molar-refractivity contribution in [2.45, 2.75) is 6.42 Å². The van der Waals surface area contributed by atoms with Gasteiger partial charge in [0, 0.05) is 6.54 Å². The molecule has 0 aliphatic rings. The van der Waals surface area contributed by atoms with E-state index in [1.54, 1.807) is 48.5 Å². The van der Waals surface area contributed by atoms with Gasteiger partial charge in [0.05, 0.1) is 10.7 Å². The molecule has 0 saturated heterocycles. The van der Waals surface area contributed by atoms with Crippen LogP contribution in [-0.2, 0) is 6.42 Å². The third-order valence-electron chi connectivity index (χ3n) is 3.97. The van der Waals surface area contributed by atoms with Gasteiger partial charge in [0.2, 0.25) is 0 Å². The van der Waals surface area contributed by atoms with Crippen LogP contribution in [0, 0.1) is 5.82 Å². The summed E-state index contributed by atoms with van der Waals surface area (Å²) in [5.74, 6) is -1.23. The number of rotatable bonds is 6. The molecule has 1 heterocycles. The van der Waals surface area contributed by atoms with Crippen molar-refractivity contribution < 1.29 is 14.0 Å². The van der Waals surface area contributed by atoms with Gasteiger partial charge in [-0.15, -0.1) is 0 Å². The Morgan fingerprint density at radius 2 is 1.57 bits per heavy atom. The summed E-state index contributed by atoms with van der Waals surface area (Å²) >= 11 is 6.03. The first-order valence-corrected chi connectivity index (χ1v) is 8.97. The van der Waals surface area contributed by atoms with Gasteiger partial charge in [-0.3, -0.25) is 9.59 Å². The Labute approximate surface area is 166 Å². The Morgan fingerprint density at radius 1 is 0.893 bits per heavy atom. The lowest BCUT2D eigenvalue weighted by molar-refractivity contribution is 0.0949. The topological polar surface area (TPSA) is 71.1 Å². The van der Waals surface area contributed by atoms with E-state index >= 15 is 0 Å². The van der Waals surface area contributed by atoms with Crippen molar-refractivity contribution in [3.8, 4) is 0 Å². The summed E-state index contributed by atoms with van der Waals surface area (Å²) < 4.78 is 13.6. The highest BCUT2D eigenvalue weighted by molar-refractivity contribution is 6.33. The fourth-order valence-corrected chi connectivity index (χ4v) is 2.72. The highest BCUT2D eigenvalue weighted by Gasteiger charge is 2.13. The summed E-state index contributed by atoms with van der Waals surface area (Å²) in [4.78, 5) is 28.8. The number of nitrogens with one attached hydrogen (secondary N) is 2. The Hall–Kier alpha value is -3.25. The number of carbonyl (C=O) groups excluding carboxylic acids is 2. The maximum atomic E-state index is 13.6. The van der Waals surface area contributed by atoms with Crippen molar-refractivity contribution in [3.05, 3.63) is 94.5 Å². The molecule has 28 heavy (non-hydrogen) atoms. The largest absolute Gasteiger partial charge is 0.350 e. The van der Waals surface area contributed by atoms with Gasteiger partial charge < -0.3 is 10.6 Å². The molecule has 5 nitrogen and oxygen atoms in total. The molecular formula is C21H17ClFN3O2. The molecule has 0 unspecified atom stereocenters. The lowest BCUT2D eigenvalue weighted by Gasteiger charge is -2.08. The number of pyridine rings is 1. The molecule has 142 valence electrons. The van der Waals surface area contributed by atoms with E-state index in [0.29, 0.717) is 22.7 Å². The quantitative estimate of drug-likeness (QED) is 0.657. The number of amides is 2. The number of hydrogen-bond donors (Lipinski definition) is 2. The molecule has 0 bridgehead atoms. The lowest BCUT2D eigenvalue weighted by atomic mass is 10.1. The first kappa shape index (κ1) is 19.5. The first-order chi connectivity index (χ1) is 13.5. The Balaban J connectivity index is 1.62. The van der Waals surface area contributed by atoms with Crippen LogP contribution in [0.15, 0.2) is 66.7 Å². The minimum Gasteiger partial charge on any atom is -0.350 e. The van der Waals surface area contributed by atoms with Gasteiger partial charge in [-0.25, -0.2) is 9.37 Å². The predicted octanol–water partition coefficient (Wildman–Crippen LogP) is 4.10. The molecule has 0 radical (unpaired) electrons. The van der Waals surface area contributed by atoms with Gasteiger partial charge in [0.15, 0.2) is 0 Å². The molecular weight excluding hydrogens is 381 g/mol. The summed E-state index contributed by atoms with van der Waals surface area (Å²) in [5, 5.41) is 5.74. The van der Waals surface area contributed by atoms with E-state index in [4.69, 9.17) is 11.6 Å². The Morgan fingerprint density at radius 3 is 2.32 bits per heavy atom. The van der Waals surface area contributed by atoms with Crippen molar-refractivity contribution >= 4 is 29.1 Å². The molecule has 0 aliphatic carbocycles. The molecule has 0 spiro atoms. The maximum absolute atomic E-state index is 13.6. The van der Waals surface area contributed by atoms with E-state index in [1.165, 1.54) is 18.2 Å². The summed E-state index contributed by atoms with van der Waals surface area (Å²) in [5.41, 5.74) is 1.15. The molecule has 2 N–H and O–H groups in total. The number of benzene rings is 2. The second kappa shape index (κ2) is 9.10. The molecule has 3 rings (SSSR count). The van der Waals surface area contributed by atoms with Crippen molar-refractivity contribution in [3.63, 3.8) is 0 Å². The molecule has 0 fully saturated rings. The standard InChI is InChI=1S/C21H17ClFN3O2/c22-15-7-2-4-9-17(15)26-21(28)19-11-5-10-18(25-19)20(27)24-13-12-14-6-1-3-8-16(14)23/h1-11H,12-13H2,(H,24,27)(H,26,28). The van der Waals surface area contributed by atoms with Gasteiger partial charge in [-0.2, -0.15) is 0 Å². The fraction of sp³-hybridized carbons (Fsp3) is 0.0952. The number of hydrogen-bond acceptors (Lipinski definition) is 3. The molecule has 2 amide bonds. The number of aromatic nitrogens is 1. The number of carbonyl (C=O) groups is 2. The summed E-state index contributed by atoms with van der Waals surface area (Å²) in [6.07, 6.45) is 0.352. The molecule has 3 aromatic rings. The molecule has 0 atom stereocenters. The van der Waals surface area contributed by atoms with Crippen molar-refractivity contribution in [1.82, 2.24) is 10.3 Å². The summed E-state index contributed by atoms with van der Waals surface area (Å²) in [6, 6.07) is 17.8. The van der Waals surface area contributed by atoms with Crippen LogP contribution < -0.4 is 10.6 Å². The van der Waals surface area contributed by atoms with Crippen LogP contribution in [0.4, 0.5) is 10.1 Å². The second-order valence-corrected chi connectivity index (χ2v) is 6.35. The number of anilines is 1. The van der Waals surface area contributed by atoms with Crippen molar-refractivity contribution in [1.29, 1.82) is 0 Å². The molecule has 0 aliphatic heterocycles. The van der Waals surface area contributed by atoms with Gasteiger partial charge >= 0.3 is 0 Å². The molecule has 1 aromatic heterocycles. The monoisotopic (exact) mass is 397 g/mol. The molecule has 2 aromatic carbocycles. The number of halogens is 2. The zero-order valence-electron chi connectivity index (χ0n) is 14.8. The highest BCUT2D eigenvalue weighted by Crippen LogP contribution is 2.21. The average molecular weight is 398 g/mol. The first-order valence-electron chi connectivity index (χ1n) is 8.59. The minimum absolute atomic E-state index is 0.0849. The third kappa shape index (κ3) is 4.92. The van der Waals surface area contributed by atoms with Gasteiger partial charge in [-0.05, 0) is 42.3 Å². The summed E-state index contributed by atoms with van der Waals surface area (Å²) in [6.45, 7) is 0.248. The van der Waals surface area contributed by atoms with Gasteiger partial charge in [0.25, 0.3) is 11.8 Å². The normalized spacial score (nSPS) is 10.4. The van der Waals surface area contributed by atoms with Crippen LogP contribution in [0.5, 0.6) is 0 Å². The Kier molecular flexibility index (Phi) is 6.34. The van der Waals surface area contributed by atoms with E-state index in [2.05, 4.69) is 15.6 Å². The minimum atomic E-state index is -0.478. The maximum Gasteiger partial charge on any atom is 0.274 e. The van der Waals surface area contributed by atoms with Crippen LogP contribution in [0.25, 0.3) is 0 Å². The van der Waals surface area contributed by atoms with Gasteiger partial charge in [0.1, 0.15) is 17.2 Å². The van der Waals surface area contributed by atoms with Crippen LogP contribution in [0.2, 0.25) is 5.02 Å². The van der Waals surface area contributed by atoms with E-state index < -0.39 is 11.8 Å². The number of nitrogens with zero attached hydrogens (tertiary/aromatic N) is 1. The van der Waals surface area contributed by atoms with Crippen LogP contribution in [0.1, 0.15) is 26.5 Å². The molecule has 0 saturated carbocycles. The van der Waals surface area contributed by atoms with E-state index in [1.807, 2.05) is 0 Å². The SMILES string of the molecule is O=C(NCCc1ccccc1F)c1cccc(C(=O)Nc2ccccc2Cl)n1. The highest BCUT2D eigenvalue weighted by atomic mass is 35.5. The van der Waals surface area contributed by atoms with E-state index in [9.17, 15) is 14.0 Å². The van der Waals surface area contributed by atoms with E-state index in [-0.39, 0.29) is 23.7 Å². The van der Waals surface area contributed by atoms with Crippen LogP contribution in [-0.4, -0.2) is 23.3 Å². The van der Waals surface area contributed by atoms with Crippen LogP contribution in [0.3, 0.4) is 0 Å². The lowest BCUT2D eigenvalue weighted by Crippen LogP contribution is -2.27. The third-order valence-corrected chi connectivity index (χ3v) is 4.30.